The Labute approximate surface area is 301 Å². The number of hydrogen-bond donors (Lipinski definition) is 5. The van der Waals surface area contributed by atoms with Crippen LogP contribution in [0, 0.1) is 29.1 Å². The van der Waals surface area contributed by atoms with Gasteiger partial charge in [-0.25, -0.2) is 0 Å². The summed E-state index contributed by atoms with van der Waals surface area (Å²) in [4.78, 5) is 77.7. The molecule has 0 heterocycles. The number of carbonyl (C=O) groups excluding carboxylic acids is 6. The molecule has 3 aliphatic rings. The van der Waals surface area contributed by atoms with Gasteiger partial charge in [0.2, 0.25) is 23.6 Å². The highest BCUT2D eigenvalue weighted by Gasteiger charge is 2.70. The van der Waals surface area contributed by atoms with Crippen LogP contribution in [0.15, 0.2) is 34.4 Å². The largest absolute Gasteiger partial charge is 0.381 e. The lowest BCUT2D eigenvalue weighted by molar-refractivity contribution is -0.138. The van der Waals surface area contributed by atoms with E-state index in [0.29, 0.717) is 43.3 Å². The number of aldehydes is 1. The standard InChI is InChI=1S/C38H58N4O7S/c1-20(2)11-27(17-43)40-34(46)30(12-21(3)4)41-35(47)31(13-22(5)6)42-36(48)32(39-25(9)44)19-50-18-26-16-38(26)24(8)28-14-23(7)15-29(28)33(45)37(38,10)49/h14-15,17,20-22,26-27,30-32,49H,11-13,16,18-19H2,1-10H3,(H,39,44)(H,40,46)(H,41,47)(H,42,48)/t26?,27-,30+,31-,32-,37?,38?/m0/s1. The van der Waals surface area contributed by atoms with Crippen molar-refractivity contribution in [2.24, 2.45) is 29.1 Å². The number of allylic oxidation sites excluding steroid dienone is 4. The molecule has 0 saturated heterocycles. The Balaban J connectivity index is 1.71. The summed E-state index contributed by atoms with van der Waals surface area (Å²) in [5.74, 6) is -1.15. The van der Waals surface area contributed by atoms with Crippen molar-refractivity contribution >= 4 is 47.5 Å². The molecule has 0 bridgehead atoms. The van der Waals surface area contributed by atoms with Crippen molar-refractivity contribution in [1.82, 2.24) is 21.3 Å². The third-order valence-electron chi connectivity index (χ3n) is 9.96. The SMILES string of the molecule is CC(=O)N[C@@H](CSCC1CC12C(C)=C1C=C(C)C=C1C(=O)C2(C)O)C(=O)N[C@@H](CC(C)C)C(=O)N[C@H](CC(C)C)C(=O)N[C@H](C=O)CC(C)C. The van der Waals surface area contributed by atoms with Gasteiger partial charge in [0.25, 0.3) is 0 Å². The lowest BCUT2D eigenvalue weighted by Crippen LogP contribution is -2.58. The Morgan fingerprint density at radius 1 is 0.860 bits per heavy atom. The molecule has 50 heavy (non-hydrogen) atoms. The topological polar surface area (TPSA) is 171 Å². The molecule has 4 amide bonds. The Morgan fingerprint density at radius 3 is 1.88 bits per heavy atom. The highest BCUT2D eigenvalue weighted by Crippen LogP contribution is 2.68. The predicted molar refractivity (Wildman–Crippen MR) is 196 cm³/mol. The van der Waals surface area contributed by atoms with E-state index in [2.05, 4.69) is 21.3 Å². The first-order chi connectivity index (χ1) is 23.2. The molecule has 3 rings (SSSR count). The van der Waals surface area contributed by atoms with Gasteiger partial charge in [0.1, 0.15) is 30.0 Å². The Hall–Kier alpha value is -3.25. The minimum absolute atomic E-state index is 0.00120. The maximum Gasteiger partial charge on any atom is 0.244 e. The second kappa shape index (κ2) is 16.8. The third-order valence-corrected chi connectivity index (χ3v) is 11.2. The van der Waals surface area contributed by atoms with Crippen molar-refractivity contribution in [3.63, 3.8) is 0 Å². The first-order valence-electron chi connectivity index (χ1n) is 17.8. The number of nitrogens with one attached hydrogen (secondary N) is 4. The number of fused-ring (bicyclic) bond motifs is 1. The van der Waals surface area contributed by atoms with Crippen molar-refractivity contribution in [3.8, 4) is 0 Å². The van der Waals surface area contributed by atoms with E-state index < -0.39 is 58.8 Å². The molecule has 11 nitrogen and oxygen atoms in total. The van der Waals surface area contributed by atoms with Crippen LogP contribution in [0.5, 0.6) is 0 Å². The first-order valence-corrected chi connectivity index (χ1v) is 19.0. The van der Waals surface area contributed by atoms with Gasteiger partial charge in [0, 0.05) is 23.7 Å². The number of aliphatic hydroxyl groups is 1. The van der Waals surface area contributed by atoms with E-state index in [9.17, 15) is 33.9 Å². The molecule has 12 heteroatoms. The second-order valence-corrected chi connectivity index (χ2v) is 16.9. The molecule has 1 saturated carbocycles. The molecule has 278 valence electrons. The first kappa shape index (κ1) is 41.2. The van der Waals surface area contributed by atoms with Gasteiger partial charge >= 0.3 is 0 Å². The summed E-state index contributed by atoms with van der Waals surface area (Å²) in [6.07, 6.45) is 6.26. The molecule has 7 atom stereocenters. The molecule has 0 aliphatic heterocycles. The van der Waals surface area contributed by atoms with Gasteiger partial charge in [-0.3, -0.25) is 24.0 Å². The molecule has 3 aliphatic carbocycles. The summed E-state index contributed by atoms with van der Waals surface area (Å²) in [7, 11) is 0. The van der Waals surface area contributed by atoms with E-state index >= 15 is 0 Å². The van der Waals surface area contributed by atoms with Crippen molar-refractivity contribution in [2.75, 3.05) is 11.5 Å². The van der Waals surface area contributed by atoms with Gasteiger partial charge in [0.05, 0.1) is 6.04 Å². The zero-order valence-electron chi connectivity index (χ0n) is 31.4. The van der Waals surface area contributed by atoms with Crippen LogP contribution in [-0.4, -0.2) is 82.1 Å². The Morgan fingerprint density at radius 2 is 1.38 bits per heavy atom. The van der Waals surface area contributed by atoms with Gasteiger partial charge in [-0.1, -0.05) is 53.2 Å². The number of amides is 4. The van der Waals surface area contributed by atoms with E-state index in [1.165, 1.54) is 18.7 Å². The zero-order chi connectivity index (χ0) is 37.7. The van der Waals surface area contributed by atoms with Crippen molar-refractivity contribution in [3.05, 3.63) is 34.4 Å². The van der Waals surface area contributed by atoms with E-state index in [4.69, 9.17) is 0 Å². The summed E-state index contributed by atoms with van der Waals surface area (Å²) < 4.78 is 0. The van der Waals surface area contributed by atoms with E-state index in [-0.39, 0.29) is 35.2 Å². The minimum Gasteiger partial charge on any atom is -0.381 e. The minimum atomic E-state index is -1.55. The summed E-state index contributed by atoms with van der Waals surface area (Å²) in [5, 5.41) is 22.6. The van der Waals surface area contributed by atoms with Gasteiger partial charge in [-0.2, -0.15) is 11.8 Å². The maximum atomic E-state index is 13.7. The van der Waals surface area contributed by atoms with Gasteiger partial charge in [0.15, 0.2) is 5.78 Å². The van der Waals surface area contributed by atoms with Gasteiger partial charge < -0.3 is 31.2 Å². The summed E-state index contributed by atoms with van der Waals surface area (Å²) in [5.41, 5.74) is 1.20. The predicted octanol–water partition coefficient (Wildman–Crippen LogP) is 3.56. The molecule has 1 fully saturated rings. The molecule has 5 N–H and O–H groups in total. The fourth-order valence-corrected chi connectivity index (χ4v) is 8.75. The highest BCUT2D eigenvalue weighted by atomic mass is 32.2. The number of carbonyl (C=O) groups is 6. The van der Waals surface area contributed by atoms with Crippen LogP contribution in [-0.2, 0) is 28.8 Å². The van der Waals surface area contributed by atoms with Crippen LogP contribution in [0.1, 0.15) is 94.9 Å². The van der Waals surface area contributed by atoms with Crippen LogP contribution in [0.25, 0.3) is 0 Å². The quantitative estimate of drug-likeness (QED) is 0.134. The number of Topliss-reactive ketones (excluding diaryl/α,β-unsaturated/α-hetero) is 1. The maximum absolute atomic E-state index is 13.7. The van der Waals surface area contributed by atoms with Crippen LogP contribution in [0.3, 0.4) is 0 Å². The number of ketones is 1. The lowest BCUT2D eigenvalue weighted by Gasteiger charge is -2.39. The average Bonchev–Trinajstić information content (AvgIpc) is 3.62. The molecular weight excluding hydrogens is 657 g/mol. The number of thioether (sulfide) groups is 1. The van der Waals surface area contributed by atoms with Crippen LogP contribution >= 0.6 is 11.8 Å². The second-order valence-electron chi connectivity index (χ2n) is 15.8. The monoisotopic (exact) mass is 714 g/mol. The Bertz CT molecular complexity index is 1450. The molecule has 0 aromatic rings. The molecule has 0 aromatic carbocycles. The zero-order valence-corrected chi connectivity index (χ0v) is 32.2. The normalized spacial score (nSPS) is 25.1. The fraction of sp³-hybridized carbons (Fsp3) is 0.684. The van der Waals surface area contributed by atoms with E-state index in [0.717, 1.165) is 16.7 Å². The van der Waals surface area contributed by atoms with Gasteiger partial charge in [-0.05, 0) is 93.1 Å². The third kappa shape index (κ3) is 9.54. The van der Waals surface area contributed by atoms with Crippen LogP contribution < -0.4 is 21.3 Å². The summed E-state index contributed by atoms with van der Waals surface area (Å²) >= 11 is 1.45. The molecular formula is C38H58N4O7S. The highest BCUT2D eigenvalue weighted by molar-refractivity contribution is 7.99. The molecule has 1 spiro atoms. The molecule has 0 aromatic heterocycles. The number of rotatable bonds is 18. The summed E-state index contributed by atoms with van der Waals surface area (Å²) in [6, 6.07) is -3.51. The van der Waals surface area contributed by atoms with E-state index in [1.807, 2.05) is 67.5 Å². The average molecular weight is 715 g/mol. The smallest absolute Gasteiger partial charge is 0.244 e. The fourth-order valence-electron chi connectivity index (χ4n) is 7.45. The van der Waals surface area contributed by atoms with Crippen molar-refractivity contribution in [1.29, 1.82) is 0 Å². The van der Waals surface area contributed by atoms with Gasteiger partial charge in [-0.15, -0.1) is 0 Å². The summed E-state index contributed by atoms with van der Waals surface area (Å²) in [6.45, 7) is 18.4. The van der Waals surface area contributed by atoms with Crippen molar-refractivity contribution < 1.29 is 33.9 Å². The molecule has 0 radical (unpaired) electrons. The van der Waals surface area contributed by atoms with Crippen molar-refractivity contribution in [2.45, 2.75) is 125 Å². The Kier molecular flexibility index (Phi) is 13.9. The lowest BCUT2D eigenvalue weighted by atomic mass is 9.67. The van der Waals surface area contributed by atoms with Crippen LogP contribution in [0.4, 0.5) is 0 Å². The van der Waals surface area contributed by atoms with E-state index in [1.54, 1.807) is 6.92 Å². The van der Waals surface area contributed by atoms with Crippen LogP contribution in [0.2, 0.25) is 0 Å². The number of hydrogen-bond acceptors (Lipinski definition) is 8. The molecule has 3 unspecified atom stereocenters.